The molecule has 3 N–H and O–H groups in total. The van der Waals surface area contributed by atoms with Crippen molar-refractivity contribution in [1.82, 2.24) is 20.2 Å². The largest absolute Gasteiger partial charge is 0.416 e. The molecule has 0 amide bonds. The third-order valence-corrected chi connectivity index (χ3v) is 5.33. The van der Waals surface area contributed by atoms with E-state index in [1.165, 1.54) is 23.5 Å². The Balaban J connectivity index is 1.35. The zero-order valence-electron chi connectivity index (χ0n) is 15.6. The molecule has 1 atom stereocenters. The molecule has 0 radical (unpaired) electrons. The minimum Gasteiger partial charge on any atom is -0.359 e. The van der Waals surface area contributed by atoms with Gasteiger partial charge < -0.3 is 11.1 Å². The van der Waals surface area contributed by atoms with E-state index in [-0.39, 0.29) is 6.04 Å². The fourth-order valence-electron chi connectivity index (χ4n) is 2.91. The Morgan fingerprint density at radius 3 is 2.60 bits per heavy atom. The maximum absolute atomic E-state index is 12.6. The molecule has 10 heteroatoms. The van der Waals surface area contributed by atoms with Crippen molar-refractivity contribution in [2.75, 3.05) is 11.9 Å². The van der Waals surface area contributed by atoms with Crippen LogP contribution in [0.1, 0.15) is 11.1 Å². The van der Waals surface area contributed by atoms with Gasteiger partial charge in [0.25, 0.3) is 0 Å². The van der Waals surface area contributed by atoms with E-state index in [4.69, 9.17) is 5.73 Å². The van der Waals surface area contributed by atoms with Gasteiger partial charge in [-0.05, 0) is 42.3 Å². The van der Waals surface area contributed by atoms with Gasteiger partial charge in [0.1, 0.15) is 5.69 Å². The number of halogens is 3. The average Bonchev–Trinajstić information content (AvgIpc) is 3.21. The molecule has 0 aliphatic carbocycles. The van der Waals surface area contributed by atoms with E-state index in [9.17, 15) is 13.2 Å². The van der Waals surface area contributed by atoms with Gasteiger partial charge in [-0.1, -0.05) is 23.5 Å². The number of nitrogens with one attached hydrogen (secondary N) is 1. The summed E-state index contributed by atoms with van der Waals surface area (Å²) in [5.74, 6) is 0. The lowest BCUT2D eigenvalue weighted by molar-refractivity contribution is -0.137. The van der Waals surface area contributed by atoms with E-state index < -0.39 is 11.7 Å². The van der Waals surface area contributed by atoms with E-state index in [1.54, 1.807) is 12.4 Å². The SMILES string of the molecule is NC(CNc1nnc(-c2ccc3cnccc3n2)s1)Cc1ccc(C(F)(F)F)cc1. The number of benzene rings is 1. The zero-order valence-corrected chi connectivity index (χ0v) is 16.4. The normalized spacial score (nSPS) is 12.8. The highest BCUT2D eigenvalue weighted by Crippen LogP contribution is 2.29. The van der Waals surface area contributed by atoms with Gasteiger partial charge >= 0.3 is 6.18 Å². The number of nitrogens with two attached hydrogens (primary N) is 1. The number of nitrogens with zero attached hydrogens (tertiary/aromatic N) is 4. The minimum atomic E-state index is -4.34. The van der Waals surface area contributed by atoms with E-state index in [1.807, 2.05) is 18.2 Å². The van der Waals surface area contributed by atoms with Crippen LogP contribution in [0.3, 0.4) is 0 Å². The molecule has 0 aliphatic heterocycles. The maximum Gasteiger partial charge on any atom is 0.416 e. The van der Waals surface area contributed by atoms with Crippen molar-refractivity contribution >= 4 is 27.4 Å². The quantitative estimate of drug-likeness (QED) is 0.478. The predicted octanol–water partition coefficient (Wildman–Crippen LogP) is 4.15. The Morgan fingerprint density at radius 2 is 1.83 bits per heavy atom. The molecule has 4 aromatic rings. The van der Waals surface area contributed by atoms with E-state index in [2.05, 4.69) is 25.5 Å². The van der Waals surface area contributed by atoms with Gasteiger partial charge in [0.2, 0.25) is 5.13 Å². The molecule has 0 saturated carbocycles. The van der Waals surface area contributed by atoms with Crippen LogP contribution in [0.25, 0.3) is 21.6 Å². The number of hydrogen-bond acceptors (Lipinski definition) is 7. The topological polar surface area (TPSA) is 89.6 Å². The van der Waals surface area contributed by atoms with Crippen molar-refractivity contribution < 1.29 is 13.2 Å². The van der Waals surface area contributed by atoms with Gasteiger partial charge in [0, 0.05) is 30.4 Å². The van der Waals surface area contributed by atoms with Crippen LogP contribution in [0, 0.1) is 0 Å². The van der Waals surface area contributed by atoms with Crippen LogP contribution < -0.4 is 11.1 Å². The van der Waals surface area contributed by atoms with Crippen molar-refractivity contribution in [3.8, 4) is 10.7 Å². The molecule has 6 nitrogen and oxygen atoms in total. The van der Waals surface area contributed by atoms with Crippen LogP contribution >= 0.6 is 11.3 Å². The van der Waals surface area contributed by atoms with E-state index in [0.717, 1.165) is 28.6 Å². The minimum absolute atomic E-state index is 0.291. The third-order valence-electron chi connectivity index (χ3n) is 4.43. The Labute approximate surface area is 174 Å². The molecule has 0 spiro atoms. The molecule has 0 saturated heterocycles. The number of anilines is 1. The summed E-state index contributed by atoms with van der Waals surface area (Å²) in [7, 11) is 0. The van der Waals surface area contributed by atoms with Crippen molar-refractivity contribution in [2.45, 2.75) is 18.6 Å². The van der Waals surface area contributed by atoms with Crippen LogP contribution in [-0.4, -0.2) is 32.8 Å². The van der Waals surface area contributed by atoms with Crippen LogP contribution in [0.5, 0.6) is 0 Å². The summed E-state index contributed by atoms with van der Waals surface area (Å²) in [6, 6.07) is 10.4. The number of alkyl halides is 3. The lowest BCUT2D eigenvalue weighted by Gasteiger charge is -2.13. The average molecular weight is 430 g/mol. The molecule has 30 heavy (non-hydrogen) atoms. The van der Waals surface area contributed by atoms with E-state index in [0.29, 0.717) is 28.8 Å². The van der Waals surface area contributed by atoms with Crippen LogP contribution in [-0.2, 0) is 12.6 Å². The molecule has 0 aliphatic rings. The molecule has 3 aromatic heterocycles. The van der Waals surface area contributed by atoms with Crippen LogP contribution in [0.2, 0.25) is 0 Å². The highest BCUT2D eigenvalue weighted by molar-refractivity contribution is 7.18. The second-order valence-electron chi connectivity index (χ2n) is 6.72. The third kappa shape index (κ3) is 4.71. The molecule has 1 aromatic carbocycles. The first-order valence-electron chi connectivity index (χ1n) is 9.09. The number of rotatable bonds is 6. The Bertz CT molecular complexity index is 1140. The summed E-state index contributed by atoms with van der Waals surface area (Å²) < 4.78 is 37.9. The number of aromatic nitrogens is 4. The second kappa shape index (κ2) is 8.33. The number of hydrogen-bond donors (Lipinski definition) is 2. The molecular formula is C20H17F3N6S. The van der Waals surface area contributed by atoms with Gasteiger partial charge in [0.15, 0.2) is 5.01 Å². The highest BCUT2D eigenvalue weighted by Gasteiger charge is 2.29. The predicted molar refractivity (Wildman–Crippen MR) is 110 cm³/mol. The van der Waals surface area contributed by atoms with Crippen LogP contribution in [0.15, 0.2) is 54.9 Å². The summed E-state index contributed by atoms with van der Waals surface area (Å²) in [5.41, 5.74) is 7.72. The monoisotopic (exact) mass is 430 g/mol. The first-order valence-corrected chi connectivity index (χ1v) is 9.90. The van der Waals surface area contributed by atoms with Crippen molar-refractivity contribution in [3.63, 3.8) is 0 Å². The maximum atomic E-state index is 12.6. The van der Waals surface area contributed by atoms with Crippen molar-refractivity contribution in [2.24, 2.45) is 5.73 Å². The van der Waals surface area contributed by atoms with Crippen molar-refractivity contribution in [1.29, 1.82) is 0 Å². The molecular weight excluding hydrogens is 413 g/mol. The lowest BCUT2D eigenvalue weighted by Crippen LogP contribution is -2.31. The smallest absolute Gasteiger partial charge is 0.359 e. The molecule has 1 unspecified atom stereocenters. The first-order chi connectivity index (χ1) is 14.4. The van der Waals surface area contributed by atoms with Gasteiger partial charge in [-0.15, -0.1) is 10.2 Å². The van der Waals surface area contributed by atoms with Gasteiger partial charge in [-0.3, -0.25) is 4.98 Å². The summed E-state index contributed by atoms with van der Waals surface area (Å²) in [6.45, 7) is 0.409. The summed E-state index contributed by atoms with van der Waals surface area (Å²) >= 11 is 1.36. The Kier molecular flexibility index (Phi) is 5.60. The summed E-state index contributed by atoms with van der Waals surface area (Å²) in [4.78, 5) is 8.64. The molecule has 154 valence electrons. The number of pyridine rings is 2. The summed E-state index contributed by atoms with van der Waals surface area (Å²) in [5, 5.41) is 13.6. The van der Waals surface area contributed by atoms with Gasteiger partial charge in [-0.25, -0.2) is 4.98 Å². The van der Waals surface area contributed by atoms with Gasteiger partial charge in [-0.2, -0.15) is 13.2 Å². The standard InChI is InChI=1S/C20H17F3N6S/c21-20(22,23)14-4-1-12(2-5-14)9-15(24)11-26-19-29-28-18(30-19)17-6-3-13-10-25-8-7-16(13)27-17/h1-8,10,15H,9,11,24H2,(H,26,29). The lowest BCUT2D eigenvalue weighted by atomic mass is 10.0. The Hall–Kier alpha value is -3.11. The summed E-state index contributed by atoms with van der Waals surface area (Å²) in [6.07, 6.45) is -0.465. The zero-order chi connectivity index (χ0) is 21.1. The second-order valence-corrected chi connectivity index (χ2v) is 7.69. The van der Waals surface area contributed by atoms with Crippen LogP contribution in [0.4, 0.5) is 18.3 Å². The molecule has 0 fully saturated rings. The number of fused-ring (bicyclic) bond motifs is 1. The Morgan fingerprint density at radius 1 is 1.03 bits per heavy atom. The fourth-order valence-corrected chi connectivity index (χ4v) is 3.63. The van der Waals surface area contributed by atoms with Crippen molar-refractivity contribution in [3.05, 3.63) is 66.0 Å². The molecule has 4 rings (SSSR count). The first kappa shape index (κ1) is 20.2. The fraction of sp³-hybridized carbons (Fsp3) is 0.200. The highest BCUT2D eigenvalue weighted by atomic mass is 32.1. The molecule has 0 bridgehead atoms. The van der Waals surface area contributed by atoms with Gasteiger partial charge in [0.05, 0.1) is 11.1 Å². The molecule has 3 heterocycles. The van der Waals surface area contributed by atoms with E-state index >= 15 is 0 Å².